The third-order valence-corrected chi connectivity index (χ3v) is 5.80. The molecule has 29 heavy (non-hydrogen) atoms. The summed E-state index contributed by atoms with van der Waals surface area (Å²) in [6.45, 7) is 2.31. The van der Waals surface area contributed by atoms with Gasteiger partial charge in [0.25, 0.3) is 0 Å². The smallest absolute Gasteiger partial charge is 0.238 e. The van der Waals surface area contributed by atoms with Crippen LogP contribution >= 0.6 is 35.0 Å². The molecule has 1 N–H and O–H groups in total. The van der Waals surface area contributed by atoms with Crippen LogP contribution in [-0.4, -0.2) is 40.8 Å². The van der Waals surface area contributed by atoms with E-state index in [2.05, 4.69) is 10.3 Å². The molecule has 1 aliphatic heterocycles. The average molecular weight is 452 g/mol. The topological polar surface area (TPSA) is 71.0 Å². The molecule has 3 rings (SSSR count). The van der Waals surface area contributed by atoms with Crippen molar-refractivity contribution in [2.75, 3.05) is 19.0 Å². The van der Waals surface area contributed by atoms with Crippen LogP contribution in [0.3, 0.4) is 0 Å². The van der Waals surface area contributed by atoms with Gasteiger partial charge in [-0.25, -0.2) is 4.99 Å². The van der Waals surface area contributed by atoms with E-state index in [9.17, 15) is 9.59 Å². The SMILES string of the molecule is CCN1C(=O)CC(C(=O)Nc2ccc(OC)cc2)SC1=Nc1cc(Cl)cc(Cl)c1. The van der Waals surface area contributed by atoms with Crippen molar-refractivity contribution in [2.45, 2.75) is 18.6 Å². The van der Waals surface area contributed by atoms with Gasteiger partial charge in [0.05, 0.1) is 12.8 Å². The number of nitrogens with one attached hydrogen (secondary N) is 1. The van der Waals surface area contributed by atoms with Gasteiger partial charge >= 0.3 is 0 Å². The van der Waals surface area contributed by atoms with E-state index in [4.69, 9.17) is 27.9 Å². The van der Waals surface area contributed by atoms with Gasteiger partial charge in [0.1, 0.15) is 11.0 Å². The molecule has 2 aromatic carbocycles. The maximum Gasteiger partial charge on any atom is 0.238 e. The predicted octanol–water partition coefficient (Wildman–Crippen LogP) is 4.98. The maximum absolute atomic E-state index is 12.7. The Bertz CT molecular complexity index is 930. The van der Waals surface area contributed by atoms with Gasteiger partial charge in [-0.15, -0.1) is 0 Å². The summed E-state index contributed by atoms with van der Waals surface area (Å²) in [4.78, 5) is 31.4. The Labute approximate surface area is 183 Å². The molecule has 152 valence electrons. The van der Waals surface area contributed by atoms with Gasteiger partial charge in [-0.05, 0) is 49.4 Å². The Morgan fingerprint density at radius 2 is 1.90 bits per heavy atom. The average Bonchev–Trinajstić information content (AvgIpc) is 2.67. The second-order valence-electron chi connectivity index (χ2n) is 6.19. The van der Waals surface area contributed by atoms with Crippen LogP contribution in [0, 0.1) is 0 Å². The van der Waals surface area contributed by atoms with E-state index in [1.807, 2.05) is 6.92 Å². The van der Waals surface area contributed by atoms with Crippen LogP contribution in [0.25, 0.3) is 0 Å². The highest BCUT2D eigenvalue weighted by atomic mass is 35.5. The van der Waals surface area contributed by atoms with Crippen LogP contribution in [0.1, 0.15) is 13.3 Å². The van der Waals surface area contributed by atoms with E-state index in [-0.39, 0.29) is 18.2 Å². The highest BCUT2D eigenvalue weighted by Gasteiger charge is 2.35. The lowest BCUT2D eigenvalue weighted by atomic mass is 10.2. The van der Waals surface area contributed by atoms with Gasteiger partial charge in [-0.3, -0.25) is 14.5 Å². The second kappa shape index (κ2) is 9.52. The predicted molar refractivity (Wildman–Crippen MR) is 119 cm³/mol. The molecule has 1 atom stereocenters. The summed E-state index contributed by atoms with van der Waals surface area (Å²) >= 11 is 13.3. The molecule has 0 spiro atoms. The van der Waals surface area contributed by atoms with E-state index >= 15 is 0 Å². The first-order valence-electron chi connectivity index (χ1n) is 8.86. The molecule has 0 radical (unpaired) electrons. The summed E-state index contributed by atoms with van der Waals surface area (Å²) in [7, 11) is 1.57. The van der Waals surface area contributed by atoms with Crippen molar-refractivity contribution in [1.82, 2.24) is 4.90 Å². The minimum absolute atomic E-state index is 0.0931. The summed E-state index contributed by atoms with van der Waals surface area (Å²) in [5.74, 6) is 0.271. The number of hydrogen-bond donors (Lipinski definition) is 1. The second-order valence-corrected chi connectivity index (χ2v) is 8.23. The number of thioether (sulfide) groups is 1. The van der Waals surface area contributed by atoms with Crippen LogP contribution in [0.5, 0.6) is 5.75 Å². The van der Waals surface area contributed by atoms with E-state index in [1.54, 1.807) is 54.5 Å². The third kappa shape index (κ3) is 5.44. The van der Waals surface area contributed by atoms with Crippen molar-refractivity contribution in [3.05, 3.63) is 52.5 Å². The van der Waals surface area contributed by atoms with E-state index in [1.165, 1.54) is 11.8 Å². The molecule has 1 saturated heterocycles. The number of hydrogen-bond acceptors (Lipinski definition) is 5. The Morgan fingerprint density at radius 3 is 2.48 bits per heavy atom. The number of nitrogens with zero attached hydrogens (tertiary/aromatic N) is 2. The van der Waals surface area contributed by atoms with Crippen molar-refractivity contribution < 1.29 is 14.3 Å². The lowest BCUT2D eigenvalue weighted by Crippen LogP contribution is -2.45. The van der Waals surface area contributed by atoms with Crippen molar-refractivity contribution in [1.29, 1.82) is 0 Å². The largest absolute Gasteiger partial charge is 0.497 e. The number of benzene rings is 2. The normalized spacial score (nSPS) is 18.1. The zero-order valence-corrected chi connectivity index (χ0v) is 18.1. The summed E-state index contributed by atoms with van der Waals surface area (Å²) in [5.41, 5.74) is 1.15. The van der Waals surface area contributed by atoms with Crippen LogP contribution < -0.4 is 10.1 Å². The minimum atomic E-state index is -0.596. The number of aliphatic imine (C=N–C) groups is 1. The zero-order valence-electron chi connectivity index (χ0n) is 15.8. The molecule has 1 fully saturated rings. The lowest BCUT2D eigenvalue weighted by Gasteiger charge is -2.30. The van der Waals surface area contributed by atoms with Gasteiger partial charge < -0.3 is 10.1 Å². The fourth-order valence-corrected chi connectivity index (χ4v) is 4.44. The first kappa shape index (κ1) is 21.5. The van der Waals surface area contributed by atoms with Crippen LogP contribution in [0.2, 0.25) is 10.0 Å². The quantitative estimate of drug-likeness (QED) is 0.695. The summed E-state index contributed by atoms with van der Waals surface area (Å²) < 4.78 is 5.11. The Balaban J connectivity index is 1.81. The molecule has 0 aliphatic carbocycles. The number of amidine groups is 1. The molecule has 1 unspecified atom stereocenters. The molecule has 0 saturated carbocycles. The summed E-state index contributed by atoms with van der Waals surface area (Å²) in [6.07, 6.45) is 0.0931. The van der Waals surface area contributed by atoms with Crippen molar-refractivity contribution >= 4 is 63.3 Å². The van der Waals surface area contributed by atoms with Crippen LogP contribution in [0.15, 0.2) is 47.5 Å². The number of amides is 2. The van der Waals surface area contributed by atoms with E-state index in [0.29, 0.717) is 38.9 Å². The summed E-state index contributed by atoms with van der Waals surface area (Å²) in [5, 5.41) is 3.57. The first-order valence-corrected chi connectivity index (χ1v) is 10.5. The molecular formula is C20H19Cl2N3O3S. The molecule has 1 aliphatic rings. The number of carbonyl (C=O) groups is 2. The van der Waals surface area contributed by atoms with E-state index < -0.39 is 5.25 Å². The molecule has 9 heteroatoms. The molecule has 6 nitrogen and oxygen atoms in total. The molecule has 0 bridgehead atoms. The lowest BCUT2D eigenvalue weighted by molar-refractivity contribution is -0.129. The van der Waals surface area contributed by atoms with Crippen molar-refractivity contribution in [3.8, 4) is 5.75 Å². The standard InChI is InChI=1S/C20H19Cl2N3O3S/c1-3-25-18(26)11-17(19(27)23-14-4-6-16(28-2)7-5-14)29-20(25)24-15-9-12(21)8-13(22)10-15/h4-10,17H,3,11H2,1-2H3,(H,23,27). The maximum atomic E-state index is 12.7. The van der Waals surface area contributed by atoms with Gasteiger partial charge in [-0.1, -0.05) is 35.0 Å². The van der Waals surface area contributed by atoms with Gasteiger partial charge in [-0.2, -0.15) is 0 Å². The first-order chi connectivity index (χ1) is 13.9. The fourth-order valence-electron chi connectivity index (χ4n) is 2.76. The van der Waals surface area contributed by atoms with Gasteiger partial charge in [0.2, 0.25) is 11.8 Å². The number of methoxy groups -OCH3 is 1. The molecular weight excluding hydrogens is 433 g/mol. The number of halogens is 2. The zero-order chi connectivity index (χ0) is 21.0. The Hall–Kier alpha value is -2.22. The molecule has 1 heterocycles. The van der Waals surface area contributed by atoms with Crippen LogP contribution in [0.4, 0.5) is 11.4 Å². The minimum Gasteiger partial charge on any atom is -0.497 e. The van der Waals surface area contributed by atoms with Crippen molar-refractivity contribution in [3.63, 3.8) is 0 Å². The molecule has 2 aromatic rings. The van der Waals surface area contributed by atoms with Crippen molar-refractivity contribution in [2.24, 2.45) is 4.99 Å². The van der Waals surface area contributed by atoms with Gasteiger partial charge in [0.15, 0.2) is 5.17 Å². The number of anilines is 1. The Morgan fingerprint density at radius 1 is 1.24 bits per heavy atom. The highest BCUT2D eigenvalue weighted by Crippen LogP contribution is 2.31. The number of carbonyl (C=O) groups excluding carboxylic acids is 2. The highest BCUT2D eigenvalue weighted by molar-refractivity contribution is 8.15. The monoisotopic (exact) mass is 451 g/mol. The number of ether oxygens (including phenoxy) is 1. The summed E-state index contributed by atoms with van der Waals surface area (Å²) in [6, 6.07) is 11.9. The number of rotatable bonds is 5. The third-order valence-electron chi connectivity index (χ3n) is 4.18. The fraction of sp³-hybridized carbons (Fsp3) is 0.250. The van der Waals surface area contributed by atoms with Gasteiger partial charge in [0, 0.05) is 28.7 Å². The van der Waals surface area contributed by atoms with Crippen LogP contribution in [-0.2, 0) is 9.59 Å². The molecule has 2 amide bonds. The van der Waals surface area contributed by atoms with E-state index in [0.717, 1.165) is 0 Å². The molecule has 0 aromatic heterocycles. The Kier molecular flexibility index (Phi) is 7.05.